The van der Waals surface area contributed by atoms with Crippen LogP contribution in [0.5, 0.6) is 5.75 Å². The fourth-order valence-corrected chi connectivity index (χ4v) is 1.57. The third-order valence-electron chi connectivity index (χ3n) is 2.53. The molecule has 0 aliphatic rings. The first-order valence-electron chi connectivity index (χ1n) is 6.06. The Morgan fingerprint density at radius 2 is 1.75 bits per heavy atom. The van der Waals surface area contributed by atoms with Gasteiger partial charge in [-0.05, 0) is 44.5 Å². The second-order valence-corrected chi connectivity index (χ2v) is 4.64. The van der Waals surface area contributed by atoms with Gasteiger partial charge < -0.3 is 10.1 Å². The number of aryl methyl sites for hydroxylation is 1. The summed E-state index contributed by atoms with van der Waals surface area (Å²) in [6, 6.07) is 8.34. The Bertz CT molecular complexity index is 303. The molecule has 1 N–H and O–H groups in total. The van der Waals surface area contributed by atoms with Crippen molar-refractivity contribution < 1.29 is 4.74 Å². The van der Waals surface area contributed by atoms with E-state index in [1.54, 1.807) is 0 Å². The van der Waals surface area contributed by atoms with Crippen molar-refractivity contribution in [3.05, 3.63) is 29.8 Å². The molecule has 0 fully saturated rings. The molecular weight excluding hydrogens is 198 g/mol. The molecule has 0 saturated heterocycles. The van der Waals surface area contributed by atoms with Crippen molar-refractivity contribution in [2.45, 2.75) is 39.7 Å². The summed E-state index contributed by atoms with van der Waals surface area (Å²) in [4.78, 5) is 0. The fraction of sp³-hybridized carbons (Fsp3) is 0.571. The van der Waals surface area contributed by atoms with Gasteiger partial charge in [-0.3, -0.25) is 0 Å². The van der Waals surface area contributed by atoms with Gasteiger partial charge in [0.2, 0.25) is 0 Å². The van der Waals surface area contributed by atoms with Crippen LogP contribution in [0, 0.1) is 0 Å². The lowest BCUT2D eigenvalue weighted by molar-refractivity contribution is 0.109. The van der Waals surface area contributed by atoms with Crippen molar-refractivity contribution in [2.75, 3.05) is 13.1 Å². The molecule has 0 spiro atoms. The summed E-state index contributed by atoms with van der Waals surface area (Å²) in [5.74, 6) is 0.945. The highest BCUT2D eigenvalue weighted by Crippen LogP contribution is 2.18. The quantitative estimate of drug-likeness (QED) is 0.797. The van der Waals surface area contributed by atoms with Crippen molar-refractivity contribution in [1.82, 2.24) is 5.32 Å². The summed E-state index contributed by atoms with van der Waals surface area (Å²) >= 11 is 0. The Labute approximate surface area is 99.0 Å². The van der Waals surface area contributed by atoms with Gasteiger partial charge in [0, 0.05) is 6.54 Å². The highest BCUT2D eigenvalue weighted by atomic mass is 16.5. The minimum atomic E-state index is -0.163. The zero-order valence-corrected chi connectivity index (χ0v) is 10.8. The number of hydrogen-bond donors (Lipinski definition) is 1. The Balaban J connectivity index is 2.57. The predicted molar refractivity (Wildman–Crippen MR) is 69.1 cm³/mol. The first-order valence-corrected chi connectivity index (χ1v) is 6.06. The van der Waals surface area contributed by atoms with Crippen LogP contribution in [-0.4, -0.2) is 18.7 Å². The summed E-state index contributed by atoms with van der Waals surface area (Å²) in [6.45, 7) is 10.3. The largest absolute Gasteiger partial charge is 0.487 e. The predicted octanol–water partition coefficient (Wildman–Crippen LogP) is 3.02. The average Bonchev–Trinajstić information content (AvgIpc) is 2.27. The zero-order valence-electron chi connectivity index (χ0n) is 10.8. The molecule has 0 radical (unpaired) electrons. The number of rotatable bonds is 6. The molecule has 2 heteroatoms. The van der Waals surface area contributed by atoms with Gasteiger partial charge >= 0.3 is 0 Å². The Hall–Kier alpha value is -1.02. The molecule has 1 rings (SSSR count). The Morgan fingerprint density at radius 3 is 2.25 bits per heavy atom. The van der Waals surface area contributed by atoms with Crippen LogP contribution in [0.15, 0.2) is 24.3 Å². The number of benzene rings is 1. The molecule has 90 valence electrons. The zero-order chi connectivity index (χ0) is 12.0. The van der Waals surface area contributed by atoms with E-state index in [0.29, 0.717) is 0 Å². The topological polar surface area (TPSA) is 21.3 Å². The van der Waals surface area contributed by atoms with Crippen LogP contribution in [0.3, 0.4) is 0 Å². The molecule has 0 amide bonds. The third kappa shape index (κ3) is 4.23. The van der Waals surface area contributed by atoms with Crippen molar-refractivity contribution >= 4 is 0 Å². The van der Waals surface area contributed by atoms with E-state index in [1.807, 2.05) is 12.1 Å². The monoisotopic (exact) mass is 221 g/mol. The van der Waals surface area contributed by atoms with Gasteiger partial charge in [-0.2, -0.15) is 0 Å². The molecule has 2 nitrogen and oxygen atoms in total. The fourth-order valence-electron chi connectivity index (χ4n) is 1.57. The minimum absolute atomic E-state index is 0.163. The first kappa shape index (κ1) is 13.0. The van der Waals surface area contributed by atoms with Gasteiger partial charge in [0.25, 0.3) is 0 Å². The normalized spacial score (nSPS) is 11.5. The van der Waals surface area contributed by atoms with Gasteiger partial charge in [0.1, 0.15) is 11.4 Å². The summed E-state index contributed by atoms with van der Waals surface area (Å²) in [7, 11) is 0. The van der Waals surface area contributed by atoms with Crippen molar-refractivity contribution in [3.63, 3.8) is 0 Å². The maximum atomic E-state index is 5.94. The Kier molecular flexibility index (Phi) is 4.81. The van der Waals surface area contributed by atoms with Crippen LogP contribution < -0.4 is 10.1 Å². The highest BCUT2D eigenvalue weighted by molar-refractivity contribution is 5.27. The minimum Gasteiger partial charge on any atom is -0.487 e. The summed E-state index contributed by atoms with van der Waals surface area (Å²) < 4.78 is 5.94. The molecule has 0 unspecified atom stereocenters. The lowest BCUT2D eigenvalue weighted by Gasteiger charge is -2.26. The highest BCUT2D eigenvalue weighted by Gasteiger charge is 2.18. The van der Waals surface area contributed by atoms with Crippen LogP contribution in [-0.2, 0) is 6.42 Å². The average molecular weight is 221 g/mol. The van der Waals surface area contributed by atoms with Gasteiger partial charge in [-0.1, -0.05) is 26.0 Å². The molecule has 1 aromatic rings. The van der Waals surface area contributed by atoms with E-state index in [0.717, 1.165) is 25.3 Å². The van der Waals surface area contributed by atoms with E-state index in [1.165, 1.54) is 5.56 Å². The number of nitrogens with one attached hydrogen (secondary N) is 1. The smallest absolute Gasteiger partial charge is 0.120 e. The summed E-state index contributed by atoms with van der Waals surface area (Å²) in [5, 5.41) is 3.31. The maximum Gasteiger partial charge on any atom is 0.120 e. The summed E-state index contributed by atoms with van der Waals surface area (Å²) in [6.07, 6.45) is 1.07. The molecule has 16 heavy (non-hydrogen) atoms. The van der Waals surface area contributed by atoms with Crippen molar-refractivity contribution in [1.29, 1.82) is 0 Å². The molecule has 0 atom stereocenters. The van der Waals surface area contributed by atoms with Crippen molar-refractivity contribution in [3.8, 4) is 5.75 Å². The van der Waals surface area contributed by atoms with Crippen LogP contribution in [0.2, 0.25) is 0 Å². The van der Waals surface area contributed by atoms with E-state index >= 15 is 0 Å². The van der Waals surface area contributed by atoms with E-state index in [-0.39, 0.29) is 5.60 Å². The molecule has 0 bridgehead atoms. The number of hydrogen-bond acceptors (Lipinski definition) is 2. The second-order valence-electron chi connectivity index (χ2n) is 4.64. The lowest BCUT2D eigenvalue weighted by Crippen LogP contribution is -2.40. The SMILES string of the molecule is CCNCC(C)(C)Oc1ccc(CC)cc1. The molecule has 0 saturated carbocycles. The lowest BCUT2D eigenvalue weighted by atomic mass is 10.1. The van der Waals surface area contributed by atoms with E-state index in [4.69, 9.17) is 4.74 Å². The van der Waals surface area contributed by atoms with Gasteiger partial charge in [0.15, 0.2) is 0 Å². The molecule has 0 aromatic heterocycles. The van der Waals surface area contributed by atoms with Crippen LogP contribution in [0.1, 0.15) is 33.3 Å². The van der Waals surface area contributed by atoms with Crippen LogP contribution in [0.4, 0.5) is 0 Å². The van der Waals surface area contributed by atoms with Gasteiger partial charge in [0.05, 0.1) is 0 Å². The number of ether oxygens (including phenoxy) is 1. The van der Waals surface area contributed by atoms with E-state index in [2.05, 4.69) is 45.1 Å². The standard InChI is InChI=1S/C14H23NO/c1-5-12-7-9-13(10-8-12)16-14(3,4)11-15-6-2/h7-10,15H,5-6,11H2,1-4H3. The van der Waals surface area contributed by atoms with Crippen LogP contribution in [0.25, 0.3) is 0 Å². The molecule has 1 aromatic carbocycles. The van der Waals surface area contributed by atoms with Crippen LogP contribution >= 0.6 is 0 Å². The third-order valence-corrected chi connectivity index (χ3v) is 2.53. The Morgan fingerprint density at radius 1 is 1.12 bits per heavy atom. The van der Waals surface area contributed by atoms with Gasteiger partial charge in [-0.25, -0.2) is 0 Å². The molecule has 0 aliphatic carbocycles. The molecular formula is C14H23NO. The first-order chi connectivity index (χ1) is 7.57. The van der Waals surface area contributed by atoms with Gasteiger partial charge in [-0.15, -0.1) is 0 Å². The maximum absolute atomic E-state index is 5.94. The van der Waals surface area contributed by atoms with E-state index in [9.17, 15) is 0 Å². The molecule has 0 aliphatic heterocycles. The molecule has 0 heterocycles. The van der Waals surface area contributed by atoms with E-state index < -0.39 is 0 Å². The number of likely N-dealkylation sites (N-methyl/N-ethyl adjacent to an activating group) is 1. The second kappa shape index (κ2) is 5.90. The summed E-state index contributed by atoms with van der Waals surface area (Å²) in [5.41, 5.74) is 1.18. The van der Waals surface area contributed by atoms with Crippen molar-refractivity contribution in [2.24, 2.45) is 0 Å².